The molecule has 0 aromatic heterocycles. The monoisotopic (exact) mass is 482 g/mol. The summed E-state index contributed by atoms with van der Waals surface area (Å²) in [4.78, 5) is 43.6. The van der Waals surface area contributed by atoms with Crippen LogP contribution < -0.4 is 11.1 Å². The maximum atomic E-state index is 13.6. The largest absolute Gasteiger partial charge is 0.350 e. The Morgan fingerprint density at radius 1 is 0.853 bits per heavy atom. The van der Waals surface area contributed by atoms with E-state index in [0.717, 1.165) is 31.2 Å². The maximum Gasteiger partial charge on any atom is 0.264 e. The van der Waals surface area contributed by atoms with Crippen LogP contribution in [0.2, 0.25) is 5.02 Å². The van der Waals surface area contributed by atoms with Crippen LogP contribution in [-0.4, -0.2) is 58.9 Å². The van der Waals surface area contributed by atoms with Gasteiger partial charge < -0.3 is 20.9 Å². The zero-order valence-corrected chi connectivity index (χ0v) is 20.1. The molecule has 2 fully saturated rings. The lowest BCUT2D eigenvalue weighted by molar-refractivity contribution is -0.133. The molecule has 0 spiro atoms. The summed E-state index contributed by atoms with van der Waals surface area (Å²) in [5, 5.41) is 3.62. The van der Waals surface area contributed by atoms with Crippen LogP contribution in [0.25, 0.3) is 0 Å². The second-order valence-electron chi connectivity index (χ2n) is 9.22. The van der Waals surface area contributed by atoms with Gasteiger partial charge in [0.25, 0.3) is 17.7 Å². The van der Waals surface area contributed by atoms with E-state index in [-0.39, 0.29) is 29.8 Å². The zero-order chi connectivity index (χ0) is 24.2. The predicted molar refractivity (Wildman–Crippen MR) is 131 cm³/mol. The third-order valence-electron chi connectivity index (χ3n) is 6.65. The van der Waals surface area contributed by atoms with Crippen LogP contribution in [0.1, 0.15) is 58.4 Å². The zero-order valence-electron chi connectivity index (χ0n) is 19.4. The highest BCUT2D eigenvalue weighted by molar-refractivity contribution is 6.30. The molecule has 1 unspecified atom stereocenters. The van der Waals surface area contributed by atoms with Crippen LogP contribution >= 0.6 is 11.6 Å². The fraction of sp³-hybridized carbons (Fsp3) is 0.423. The van der Waals surface area contributed by atoms with Crippen molar-refractivity contribution in [2.75, 3.05) is 13.1 Å². The highest BCUT2D eigenvalue weighted by atomic mass is 35.5. The number of carbonyl (C=O) groups is 3. The first-order chi connectivity index (χ1) is 16.3. The number of aryl methyl sites for hydroxylation is 1. The Kier molecular flexibility index (Phi) is 7.54. The number of nitrogens with two attached hydrogens (primary N) is 1. The first-order valence-corrected chi connectivity index (χ1v) is 12.2. The summed E-state index contributed by atoms with van der Waals surface area (Å²) in [6.45, 7) is 2.73. The van der Waals surface area contributed by atoms with Gasteiger partial charge in [0.05, 0.1) is 0 Å². The lowest BCUT2D eigenvalue weighted by Crippen LogP contribution is -2.64. The molecule has 2 aliphatic rings. The van der Waals surface area contributed by atoms with E-state index in [9.17, 15) is 14.4 Å². The van der Waals surface area contributed by atoms with Crippen LogP contribution in [0.5, 0.6) is 0 Å². The Morgan fingerprint density at radius 3 is 1.88 bits per heavy atom. The molecule has 1 aliphatic carbocycles. The first kappa shape index (κ1) is 24.2. The van der Waals surface area contributed by atoms with Gasteiger partial charge in [-0.2, -0.15) is 0 Å². The standard InChI is InChI=1S/C26H31ClN4O3/c1-17-3-5-18(6-4-17)25(33)30-15-2-16-31(26(34)19-7-9-20(27)10-8-19)24(30)23(32)29-22-13-11-21(28)12-14-22/h3-10,21-22,24H,2,11-16,28H2,1H3,(H,29,32). The van der Waals surface area contributed by atoms with E-state index in [4.69, 9.17) is 17.3 Å². The first-order valence-electron chi connectivity index (χ1n) is 11.8. The summed E-state index contributed by atoms with van der Waals surface area (Å²) in [5.41, 5.74) is 7.98. The molecule has 4 rings (SSSR count). The number of rotatable bonds is 4. The summed E-state index contributed by atoms with van der Waals surface area (Å²) < 4.78 is 0. The summed E-state index contributed by atoms with van der Waals surface area (Å²) in [7, 11) is 0. The molecular formula is C26H31ClN4O3. The van der Waals surface area contributed by atoms with Gasteiger partial charge in [-0.3, -0.25) is 14.4 Å². The van der Waals surface area contributed by atoms with Gasteiger partial charge >= 0.3 is 0 Å². The third kappa shape index (κ3) is 5.42. The van der Waals surface area contributed by atoms with Gasteiger partial charge in [0.2, 0.25) is 0 Å². The van der Waals surface area contributed by atoms with E-state index in [1.807, 2.05) is 19.1 Å². The van der Waals surface area contributed by atoms with Crippen molar-refractivity contribution < 1.29 is 14.4 Å². The van der Waals surface area contributed by atoms with Crippen LogP contribution in [0.3, 0.4) is 0 Å². The minimum atomic E-state index is -1.03. The van der Waals surface area contributed by atoms with Gasteiger partial charge in [0, 0.05) is 41.3 Å². The van der Waals surface area contributed by atoms with E-state index in [1.165, 1.54) is 9.80 Å². The summed E-state index contributed by atoms with van der Waals surface area (Å²) in [6.07, 6.45) is 2.82. The van der Waals surface area contributed by atoms with E-state index in [2.05, 4.69) is 5.32 Å². The fourth-order valence-electron chi connectivity index (χ4n) is 4.69. The van der Waals surface area contributed by atoms with Crippen molar-refractivity contribution in [2.45, 2.75) is 57.3 Å². The van der Waals surface area contributed by atoms with Gasteiger partial charge in [0.15, 0.2) is 6.17 Å². The summed E-state index contributed by atoms with van der Waals surface area (Å²) in [6, 6.07) is 14.0. The molecule has 1 aliphatic heterocycles. The number of amides is 3. The smallest absolute Gasteiger partial charge is 0.264 e. The van der Waals surface area contributed by atoms with Crippen molar-refractivity contribution in [1.29, 1.82) is 0 Å². The number of halogens is 1. The van der Waals surface area contributed by atoms with Crippen molar-refractivity contribution in [3.05, 3.63) is 70.2 Å². The van der Waals surface area contributed by atoms with Crippen molar-refractivity contribution >= 4 is 29.3 Å². The Balaban J connectivity index is 1.62. The molecular weight excluding hydrogens is 452 g/mol. The predicted octanol–water partition coefficient (Wildman–Crippen LogP) is 3.35. The van der Waals surface area contributed by atoms with Gasteiger partial charge in [-0.15, -0.1) is 0 Å². The molecule has 34 heavy (non-hydrogen) atoms. The molecule has 2 aromatic rings. The molecule has 2 aromatic carbocycles. The number of hydrogen-bond donors (Lipinski definition) is 2. The van der Waals surface area contributed by atoms with Crippen LogP contribution in [0, 0.1) is 6.92 Å². The summed E-state index contributed by atoms with van der Waals surface area (Å²) in [5.74, 6) is -0.897. The van der Waals surface area contributed by atoms with Crippen LogP contribution in [0.4, 0.5) is 0 Å². The second kappa shape index (κ2) is 10.6. The van der Waals surface area contributed by atoms with E-state index < -0.39 is 6.17 Å². The van der Waals surface area contributed by atoms with E-state index in [0.29, 0.717) is 35.7 Å². The molecule has 1 atom stereocenters. The van der Waals surface area contributed by atoms with E-state index in [1.54, 1.807) is 36.4 Å². The molecule has 3 amide bonds. The fourth-order valence-corrected chi connectivity index (χ4v) is 4.82. The SMILES string of the molecule is Cc1ccc(C(=O)N2CCCN(C(=O)c3ccc(Cl)cc3)C2C(=O)NC2CCC(N)CC2)cc1. The third-order valence-corrected chi connectivity index (χ3v) is 6.90. The number of hydrogen-bond acceptors (Lipinski definition) is 4. The lowest BCUT2D eigenvalue weighted by atomic mass is 9.91. The molecule has 8 heteroatoms. The van der Waals surface area contributed by atoms with E-state index >= 15 is 0 Å². The maximum absolute atomic E-state index is 13.6. The van der Waals surface area contributed by atoms with Crippen molar-refractivity contribution in [3.63, 3.8) is 0 Å². The number of benzene rings is 2. The summed E-state index contributed by atoms with van der Waals surface area (Å²) >= 11 is 5.99. The number of nitrogens with zero attached hydrogens (tertiary/aromatic N) is 2. The van der Waals surface area contributed by atoms with Crippen molar-refractivity contribution in [3.8, 4) is 0 Å². The number of carbonyl (C=O) groups excluding carboxylic acids is 3. The van der Waals surface area contributed by atoms with Gasteiger partial charge in [-0.25, -0.2) is 0 Å². The quantitative estimate of drug-likeness (QED) is 0.698. The van der Waals surface area contributed by atoms with Gasteiger partial charge in [0.1, 0.15) is 0 Å². The molecule has 180 valence electrons. The molecule has 1 saturated heterocycles. The Hall–Kier alpha value is -2.90. The minimum absolute atomic E-state index is 0.0157. The number of nitrogens with one attached hydrogen (secondary N) is 1. The molecule has 1 heterocycles. The van der Waals surface area contributed by atoms with Crippen molar-refractivity contribution in [2.24, 2.45) is 5.73 Å². The molecule has 0 bridgehead atoms. The molecule has 7 nitrogen and oxygen atoms in total. The second-order valence-corrected chi connectivity index (χ2v) is 9.65. The van der Waals surface area contributed by atoms with Crippen LogP contribution in [0.15, 0.2) is 48.5 Å². The Labute approximate surface area is 205 Å². The topological polar surface area (TPSA) is 95.7 Å². The highest BCUT2D eigenvalue weighted by Gasteiger charge is 2.41. The minimum Gasteiger partial charge on any atom is -0.350 e. The average Bonchev–Trinajstić information content (AvgIpc) is 2.85. The van der Waals surface area contributed by atoms with Gasteiger partial charge in [-0.1, -0.05) is 29.3 Å². The Morgan fingerprint density at radius 2 is 1.35 bits per heavy atom. The average molecular weight is 483 g/mol. The van der Waals surface area contributed by atoms with Gasteiger partial charge in [-0.05, 0) is 75.4 Å². The molecule has 1 saturated carbocycles. The normalized spacial score (nSPS) is 22.9. The lowest BCUT2D eigenvalue weighted by Gasteiger charge is -2.43. The van der Waals surface area contributed by atoms with Crippen molar-refractivity contribution in [1.82, 2.24) is 15.1 Å². The molecule has 3 N–H and O–H groups in total. The molecule has 0 radical (unpaired) electrons. The van der Waals surface area contributed by atoms with Crippen LogP contribution in [-0.2, 0) is 4.79 Å². The Bertz CT molecular complexity index is 968. The highest BCUT2D eigenvalue weighted by Crippen LogP contribution is 2.23.